The average molecular weight is 186 g/mol. The second-order valence-corrected chi connectivity index (χ2v) is 3.35. The second kappa shape index (κ2) is 3.22. The molecule has 1 aromatic rings. The van der Waals surface area contributed by atoms with Gasteiger partial charge >= 0.3 is 0 Å². The lowest BCUT2D eigenvalue weighted by atomic mass is 9.88. The smallest absolute Gasteiger partial charge is 0.167 e. The van der Waals surface area contributed by atoms with Crippen LogP contribution in [-0.4, -0.2) is 11.6 Å². The number of hydrogen-bond acceptors (Lipinski definition) is 2. The van der Waals surface area contributed by atoms with Crippen molar-refractivity contribution in [2.24, 2.45) is 0 Å². The Balaban J connectivity index is 2.62. The Morgan fingerprint density at radius 3 is 2.50 bits per heavy atom. The lowest BCUT2D eigenvalue weighted by Gasteiger charge is -2.14. The van der Waals surface area contributed by atoms with Crippen LogP contribution in [0, 0.1) is 0 Å². The molecule has 0 amide bonds. The van der Waals surface area contributed by atoms with Crippen LogP contribution >= 0.6 is 0 Å². The minimum absolute atomic E-state index is 0.0185. The van der Waals surface area contributed by atoms with Crippen LogP contribution in [0.15, 0.2) is 30.3 Å². The molecule has 2 rings (SSSR count). The monoisotopic (exact) mass is 186 g/mol. The number of ketones is 2. The molecule has 0 bridgehead atoms. The number of fused-ring (bicyclic) bond motifs is 1. The molecule has 1 aliphatic rings. The predicted octanol–water partition coefficient (Wildman–Crippen LogP) is 2.25. The summed E-state index contributed by atoms with van der Waals surface area (Å²) in [5.41, 5.74) is 2.11. The quantitative estimate of drug-likeness (QED) is 0.674. The van der Waals surface area contributed by atoms with Crippen molar-refractivity contribution in [2.75, 3.05) is 0 Å². The van der Waals surface area contributed by atoms with Gasteiger partial charge in [0.05, 0.1) is 0 Å². The van der Waals surface area contributed by atoms with Gasteiger partial charge in [0.15, 0.2) is 11.6 Å². The largest absolute Gasteiger partial charge is 0.295 e. The maximum atomic E-state index is 11.5. The van der Waals surface area contributed by atoms with Crippen LogP contribution in [0.1, 0.15) is 29.3 Å². The van der Waals surface area contributed by atoms with Gasteiger partial charge in [0.2, 0.25) is 0 Å². The minimum Gasteiger partial charge on any atom is -0.295 e. The van der Waals surface area contributed by atoms with Crippen LogP contribution in [0.3, 0.4) is 0 Å². The Morgan fingerprint density at radius 1 is 1.21 bits per heavy atom. The summed E-state index contributed by atoms with van der Waals surface area (Å²) < 4.78 is 0. The lowest BCUT2D eigenvalue weighted by Crippen LogP contribution is -2.10. The number of benzene rings is 1. The van der Waals surface area contributed by atoms with E-state index < -0.39 is 0 Å². The molecule has 1 aliphatic carbocycles. The molecule has 0 saturated heterocycles. The van der Waals surface area contributed by atoms with E-state index >= 15 is 0 Å². The van der Waals surface area contributed by atoms with Crippen molar-refractivity contribution >= 4 is 17.1 Å². The molecule has 0 N–H and O–H groups in total. The number of Topliss-reactive ketones (excluding diaryl/α,β-unsaturated/α-hetero) is 2. The van der Waals surface area contributed by atoms with E-state index in [0.29, 0.717) is 17.6 Å². The van der Waals surface area contributed by atoms with E-state index in [0.717, 1.165) is 5.56 Å². The zero-order chi connectivity index (χ0) is 10.1. The van der Waals surface area contributed by atoms with Crippen LogP contribution in [0.4, 0.5) is 0 Å². The normalized spacial score (nSPS) is 14.6. The SMILES string of the molecule is CC(=O)C1=CCC(=O)c2ccccc21. The van der Waals surface area contributed by atoms with Gasteiger partial charge in [-0.3, -0.25) is 9.59 Å². The Kier molecular flexibility index (Phi) is 2.04. The van der Waals surface area contributed by atoms with E-state index in [1.165, 1.54) is 6.92 Å². The van der Waals surface area contributed by atoms with Crippen LogP contribution in [-0.2, 0) is 4.79 Å². The van der Waals surface area contributed by atoms with Crippen LogP contribution in [0.2, 0.25) is 0 Å². The van der Waals surface area contributed by atoms with Crippen molar-refractivity contribution in [1.29, 1.82) is 0 Å². The highest BCUT2D eigenvalue weighted by Crippen LogP contribution is 2.26. The van der Waals surface area contributed by atoms with Gasteiger partial charge in [0, 0.05) is 17.6 Å². The summed E-state index contributed by atoms with van der Waals surface area (Å²) in [4.78, 5) is 22.8. The maximum Gasteiger partial charge on any atom is 0.167 e. The first-order chi connectivity index (χ1) is 6.70. The molecule has 0 spiro atoms. The summed E-state index contributed by atoms with van der Waals surface area (Å²) in [6.07, 6.45) is 2.05. The first-order valence-electron chi connectivity index (χ1n) is 4.54. The third-order valence-corrected chi connectivity index (χ3v) is 2.39. The highest BCUT2D eigenvalue weighted by molar-refractivity contribution is 6.24. The lowest BCUT2D eigenvalue weighted by molar-refractivity contribution is -0.111. The Hall–Kier alpha value is -1.70. The molecule has 0 saturated carbocycles. The van der Waals surface area contributed by atoms with Crippen LogP contribution < -0.4 is 0 Å². The minimum atomic E-state index is 0.0185. The number of allylic oxidation sites excluding steroid dienone is 2. The van der Waals surface area contributed by atoms with Crippen molar-refractivity contribution in [1.82, 2.24) is 0 Å². The molecule has 0 atom stereocenters. The predicted molar refractivity (Wildman–Crippen MR) is 54.0 cm³/mol. The fourth-order valence-electron chi connectivity index (χ4n) is 1.71. The Morgan fingerprint density at radius 2 is 1.86 bits per heavy atom. The van der Waals surface area contributed by atoms with E-state index in [4.69, 9.17) is 0 Å². The van der Waals surface area contributed by atoms with Crippen LogP contribution in [0.25, 0.3) is 5.57 Å². The van der Waals surface area contributed by atoms with Gasteiger partial charge in [-0.1, -0.05) is 30.3 Å². The van der Waals surface area contributed by atoms with Crippen LogP contribution in [0.5, 0.6) is 0 Å². The molecule has 1 aromatic carbocycles. The first kappa shape index (κ1) is 8.88. The van der Waals surface area contributed by atoms with E-state index in [1.54, 1.807) is 12.1 Å². The third kappa shape index (κ3) is 1.29. The third-order valence-electron chi connectivity index (χ3n) is 2.39. The number of hydrogen-bond donors (Lipinski definition) is 0. The molecule has 14 heavy (non-hydrogen) atoms. The molecule has 0 fully saturated rings. The van der Waals surface area contributed by atoms with Crippen molar-refractivity contribution in [3.8, 4) is 0 Å². The number of rotatable bonds is 1. The number of carbonyl (C=O) groups excluding carboxylic acids is 2. The summed E-state index contributed by atoms with van der Waals surface area (Å²) >= 11 is 0. The summed E-state index contributed by atoms with van der Waals surface area (Å²) in [6.45, 7) is 1.53. The summed E-state index contributed by atoms with van der Waals surface area (Å²) in [6, 6.07) is 7.25. The zero-order valence-corrected chi connectivity index (χ0v) is 7.91. The van der Waals surface area contributed by atoms with Gasteiger partial charge in [-0.2, -0.15) is 0 Å². The van der Waals surface area contributed by atoms with Gasteiger partial charge < -0.3 is 0 Å². The molecular formula is C12H10O2. The van der Waals surface area contributed by atoms with E-state index in [2.05, 4.69) is 0 Å². The summed E-state index contributed by atoms with van der Waals surface area (Å²) in [5, 5.41) is 0. The maximum absolute atomic E-state index is 11.5. The molecule has 0 aromatic heterocycles. The molecule has 0 heterocycles. The standard InChI is InChI=1S/C12H10O2/c1-8(13)9-6-7-12(14)11-5-3-2-4-10(9)11/h2-6H,7H2,1H3. The molecule has 2 nitrogen and oxygen atoms in total. The van der Waals surface area contributed by atoms with Gasteiger partial charge in [0.1, 0.15) is 0 Å². The fraction of sp³-hybridized carbons (Fsp3) is 0.167. The molecule has 70 valence electrons. The molecule has 0 unspecified atom stereocenters. The van der Waals surface area contributed by atoms with Gasteiger partial charge in [-0.25, -0.2) is 0 Å². The molecular weight excluding hydrogens is 176 g/mol. The molecule has 2 heteroatoms. The van der Waals surface area contributed by atoms with Crippen molar-refractivity contribution in [2.45, 2.75) is 13.3 Å². The molecule has 0 aliphatic heterocycles. The van der Waals surface area contributed by atoms with E-state index in [-0.39, 0.29) is 11.6 Å². The van der Waals surface area contributed by atoms with E-state index in [1.807, 2.05) is 18.2 Å². The fourth-order valence-corrected chi connectivity index (χ4v) is 1.71. The van der Waals surface area contributed by atoms with Gasteiger partial charge in [-0.05, 0) is 12.5 Å². The van der Waals surface area contributed by atoms with Crippen molar-refractivity contribution in [3.63, 3.8) is 0 Å². The highest BCUT2D eigenvalue weighted by Gasteiger charge is 2.20. The first-order valence-corrected chi connectivity index (χ1v) is 4.54. The Bertz CT molecular complexity index is 441. The zero-order valence-electron chi connectivity index (χ0n) is 7.91. The van der Waals surface area contributed by atoms with Gasteiger partial charge in [0.25, 0.3) is 0 Å². The Labute approximate surface area is 82.2 Å². The highest BCUT2D eigenvalue weighted by atomic mass is 16.1. The molecule has 0 radical (unpaired) electrons. The van der Waals surface area contributed by atoms with Crippen molar-refractivity contribution < 1.29 is 9.59 Å². The second-order valence-electron chi connectivity index (χ2n) is 3.35. The van der Waals surface area contributed by atoms with E-state index in [9.17, 15) is 9.59 Å². The van der Waals surface area contributed by atoms with Crippen molar-refractivity contribution in [3.05, 3.63) is 41.5 Å². The average Bonchev–Trinajstić information content (AvgIpc) is 2.18. The number of carbonyl (C=O) groups is 2. The summed E-state index contributed by atoms with van der Waals surface area (Å²) in [7, 11) is 0. The van der Waals surface area contributed by atoms with Gasteiger partial charge in [-0.15, -0.1) is 0 Å². The topological polar surface area (TPSA) is 34.1 Å². The summed E-state index contributed by atoms with van der Waals surface area (Å²) in [5.74, 6) is 0.107.